The van der Waals surface area contributed by atoms with Crippen molar-refractivity contribution in [3.63, 3.8) is 0 Å². The van der Waals surface area contributed by atoms with Gasteiger partial charge in [-0.3, -0.25) is 0 Å². The molecule has 0 amide bonds. The third-order valence-corrected chi connectivity index (χ3v) is 6.52. The molecule has 0 nitrogen and oxygen atoms in total. The Kier molecular flexibility index (Phi) is 59.1. The van der Waals surface area contributed by atoms with Gasteiger partial charge in [0.05, 0.1) is 0 Å². The van der Waals surface area contributed by atoms with Gasteiger partial charge in [-0.15, -0.1) is 11.1 Å². The van der Waals surface area contributed by atoms with E-state index in [2.05, 4.69) is 135 Å². The van der Waals surface area contributed by atoms with Crippen molar-refractivity contribution in [3.8, 4) is 0 Å². The number of aryl methyl sites for hydroxylation is 2. The van der Waals surface area contributed by atoms with Gasteiger partial charge in [0, 0.05) is 38.1 Å². The first-order chi connectivity index (χ1) is 27.2. The first-order valence-corrected chi connectivity index (χ1v) is 21.3. The van der Waals surface area contributed by atoms with E-state index >= 15 is 0 Å². The zero-order valence-electron chi connectivity index (χ0n) is 39.2. The van der Waals surface area contributed by atoms with Crippen molar-refractivity contribution in [1.82, 2.24) is 0 Å². The number of rotatable bonds is 4. The molecule has 0 atom stereocenters. The van der Waals surface area contributed by atoms with Gasteiger partial charge in [-0.25, -0.2) is 0 Å². The molecule has 0 fully saturated rings. The second kappa shape index (κ2) is 51.4. The van der Waals surface area contributed by atoms with Crippen LogP contribution < -0.4 is 0 Å². The Morgan fingerprint density at radius 2 is 0.500 bits per heavy atom. The van der Waals surface area contributed by atoms with Gasteiger partial charge < -0.3 is 0 Å². The minimum Gasteiger partial charge on any atom is -0.179 e. The Labute approximate surface area is 375 Å². The van der Waals surface area contributed by atoms with Crippen molar-refractivity contribution in [2.24, 2.45) is 0 Å². The van der Waals surface area contributed by atoms with Crippen LogP contribution in [0.5, 0.6) is 0 Å². The summed E-state index contributed by atoms with van der Waals surface area (Å²) >= 11 is 0. The predicted octanol–water partition coefficient (Wildman–Crippen LogP) is 17.9. The Morgan fingerprint density at radius 1 is 0.286 bits per heavy atom. The summed E-state index contributed by atoms with van der Waals surface area (Å²) in [5.41, 5.74) is 6.87. The molecule has 1 radical (unpaired) electrons. The summed E-state index contributed by atoms with van der Waals surface area (Å²) in [6, 6.07) is 65.2. The van der Waals surface area contributed by atoms with Gasteiger partial charge in [0.15, 0.2) is 0 Å². The Hall–Kier alpha value is -3.58. The molecule has 0 aliphatic carbocycles. The summed E-state index contributed by atoms with van der Waals surface area (Å²) in [5.74, 6) is 0. The summed E-state index contributed by atoms with van der Waals surface area (Å²) in [6.45, 7) is 36.2. The molecule has 0 saturated heterocycles. The third kappa shape index (κ3) is 26.3. The van der Waals surface area contributed by atoms with Crippen LogP contribution in [-0.2, 0) is 38.1 Å². The SMILES string of the molecule is CC.CC.CC.CC.CC.CC.CC.CC.Cc1ccccc1.Cc1ccccc1.[Y].[c-]1ccccc1C(c1[c-]cccc1)(c1ccccc1)c1ccccc1. The maximum atomic E-state index is 3.48. The zero-order chi connectivity index (χ0) is 43.2. The van der Waals surface area contributed by atoms with Crippen molar-refractivity contribution in [2.75, 3.05) is 0 Å². The smallest absolute Gasteiger partial charge is 0.0254 e. The van der Waals surface area contributed by atoms with Crippen LogP contribution in [0.25, 0.3) is 0 Å². The number of hydrogen-bond acceptors (Lipinski definition) is 0. The van der Waals surface area contributed by atoms with Crippen molar-refractivity contribution in [3.05, 3.63) is 215 Å². The molecule has 0 aromatic heterocycles. The summed E-state index contributed by atoms with van der Waals surface area (Å²) in [6.07, 6.45) is 0. The molecule has 6 aromatic rings. The molecule has 56 heavy (non-hydrogen) atoms. The Bertz CT molecular complexity index is 1270. The molecule has 0 aliphatic heterocycles. The van der Waals surface area contributed by atoms with Gasteiger partial charge in [0.1, 0.15) is 0 Å². The van der Waals surface area contributed by atoms with Crippen LogP contribution in [0.4, 0.5) is 0 Å². The zero-order valence-corrected chi connectivity index (χ0v) is 42.1. The molecular formula is C55H82Y-2. The van der Waals surface area contributed by atoms with E-state index < -0.39 is 5.41 Å². The Morgan fingerprint density at radius 3 is 0.679 bits per heavy atom. The minimum absolute atomic E-state index is 0. The van der Waals surface area contributed by atoms with E-state index in [-0.39, 0.29) is 32.7 Å². The predicted molar refractivity (Wildman–Crippen MR) is 256 cm³/mol. The maximum Gasteiger partial charge on any atom is 0.0254 e. The maximum absolute atomic E-state index is 3.48. The summed E-state index contributed by atoms with van der Waals surface area (Å²) in [4.78, 5) is 0. The van der Waals surface area contributed by atoms with E-state index in [0.29, 0.717) is 0 Å². The molecule has 0 N–H and O–H groups in total. The normalized spacial score (nSPS) is 8.04. The van der Waals surface area contributed by atoms with Gasteiger partial charge in [-0.05, 0) is 25.0 Å². The second-order valence-corrected chi connectivity index (χ2v) is 9.34. The van der Waals surface area contributed by atoms with Gasteiger partial charge in [-0.2, -0.15) is 60.7 Å². The number of benzene rings is 6. The quantitative estimate of drug-likeness (QED) is 0.123. The van der Waals surface area contributed by atoms with Crippen LogP contribution in [0.2, 0.25) is 0 Å². The van der Waals surface area contributed by atoms with Gasteiger partial charge in [0.25, 0.3) is 0 Å². The van der Waals surface area contributed by atoms with Crippen LogP contribution in [0, 0.1) is 26.0 Å². The molecule has 0 spiro atoms. The van der Waals surface area contributed by atoms with Gasteiger partial charge in [-0.1, -0.05) is 243 Å². The average molecular weight is 832 g/mol. The molecule has 0 unspecified atom stereocenters. The molecule has 307 valence electrons. The molecule has 0 saturated carbocycles. The largest absolute Gasteiger partial charge is 0.179 e. The van der Waals surface area contributed by atoms with E-state index in [1.54, 1.807) is 0 Å². The van der Waals surface area contributed by atoms with Gasteiger partial charge >= 0.3 is 0 Å². The molecule has 0 bridgehead atoms. The van der Waals surface area contributed by atoms with Crippen LogP contribution >= 0.6 is 0 Å². The van der Waals surface area contributed by atoms with E-state index in [1.807, 2.05) is 171 Å². The molecule has 6 aromatic carbocycles. The van der Waals surface area contributed by atoms with E-state index in [1.165, 1.54) is 22.3 Å². The van der Waals surface area contributed by atoms with Crippen molar-refractivity contribution in [2.45, 2.75) is 130 Å². The van der Waals surface area contributed by atoms with E-state index in [0.717, 1.165) is 11.1 Å². The second-order valence-electron chi connectivity index (χ2n) is 9.34. The average Bonchev–Trinajstić information content (AvgIpc) is 3.32. The van der Waals surface area contributed by atoms with Crippen molar-refractivity contribution in [1.29, 1.82) is 0 Å². The Balaban J connectivity index is -0.000000167. The fraction of sp³-hybridized carbons (Fsp3) is 0.345. The van der Waals surface area contributed by atoms with Crippen LogP contribution in [0.1, 0.15) is 144 Å². The van der Waals surface area contributed by atoms with Crippen LogP contribution in [0.15, 0.2) is 170 Å². The standard InChI is InChI=1S/C25H18.2C7H8.8C2H6.Y/c1-5-13-21(14-6-1)25(22-15-7-2-8-16-22,23-17-9-3-10-18-23)24-19-11-4-12-20-24;2*1-7-5-3-2-4-6-7;8*1-2;/h1-17,19H;2*2-6H,1H3;8*1-2H3;/q-2;;;;;;;;;;;. The first-order valence-electron chi connectivity index (χ1n) is 21.3. The fourth-order valence-electron chi connectivity index (χ4n) is 4.63. The molecule has 0 heterocycles. The van der Waals surface area contributed by atoms with Crippen molar-refractivity contribution < 1.29 is 32.7 Å². The van der Waals surface area contributed by atoms with E-state index in [4.69, 9.17) is 0 Å². The van der Waals surface area contributed by atoms with Crippen LogP contribution in [-0.4, -0.2) is 0 Å². The van der Waals surface area contributed by atoms with E-state index in [9.17, 15) is 0 Å². The topological polar surface area (TPSA) is 0 Å². The fourth-order valence-corrected chi connectivity index (χ4v) is 4.63. The molecule has 0 aliphatic rings. The molecule has 1 heteroatoms. The van der Waals surface area contributed by atoms with Crippen molar-refractivity contribution >= 4 is 0 Å². The number of hydrogen-bond donors (Lipinski definition) is 0. The molecular weight excluding hydrogens is 750 g/mol. The van der Waals surface area contributed by atoms with Crippen LogP contribution in [0.3, 0.4) is 0 Å². The minimum atomic E-state index is -0.439. The third-order valence-electron chi connectivity index (χ3n) is 6.52. The summed E-state index contributed by atoms with van der Waals surface area (Å²) in [7, 11) is 0. The summed E-state index contributed by atoms with van der Waals surface area (Å²) in [5, 5.41) is 0. The first kappa shape index (κ1) is 64.3. The summed E-state index contributed by atoms with van der Waals surface area (Å²) < 4.78 is 0. The van der Waals surface area contributed by atoms with Gasteiger partial charge in [0.2, 0.25) is 0 Å². The monoisotopic (exact) mass is 832 g/mol. The molecule has 6 rings (SSSR count).